The van der Waals surface area contributed by atoms with E-state index >= 15 is 0 Å². The van der Waals surface area contributed by atoms with E-state index in [0.717, 1.165) is 24.2 Å². The molecule has 0 aliphatic carbocycles. The molecule has 0 unspecified atom stereocenters. The Balaban J connectivity index is 1.73. The van der Waals surface area contributed by atoms with Crippen LogP contribution in [0.4, 0.5) is 5.95 Å². The topological polar surface area (TPSA) is 62.2 Å². The summed E-state index contributed by atoms with van der Waals surface area (Å²) in [4.78, 5) is 30.0. The molecule has 3 aromatic rings. The summed E-state index contributed by atoms with van der Waals surface area (Å²) < 4.78 is 0. The van der Waals surface area contributed by atoms with Gasteiger partial charge in [0.05, 0.1) is 0 Å². The first kappa shape index (κ1) is 20.5. The Kier molecular flexibility index (Phi) is 6.89. The lowest BCUT2D eigenvalue weighted by Crippen LogP contribution is -2.32. The third-order valence-electron chi connectivity index (χ3n) is 4.77. The van der Waals surface area contributed by atoms with Gasteiger partial charge in [0.2, 0.25) is 5.95 Å². The predicted molar refractivity (Wildman–Crippen MR) is 115 cm³/mol. The number of amides is 1. The fourth-order valence-corrected chi connectivity index (χ4v) is 3.07. The maximum absolute atomic E-state index is 13.1. The molecule has 29 heavy (non-hydrogen) atoms. The molecule has 1 aromatic carbocycles. The van der Waals surface area contributed by atoms with Crippen LogP contribution in [0.3, 0.4) is 0 Å². The second kappa shape index (κ2) is 9.78. The van der Waals surface area contributed by atoms with Crippen molar-refractivity contribution in [1.82, 2.24) is 19.9 Å². The van der Waals surface area contributed by atoms with E-state index in [0.29, 0.717) is 24.7 Å². The van der Waals surface area contributed by atoms with Gasteiger partial charge in [-0.2, -0.15) is 0 Å². The molecule has 6 heteroatoms. The summed E-state index contributed by atoms with van der Waals surface area (Å²) in [5.74, 6) is 0.490. The van der Waals surface area contributed by atoms with Gasteiger partial charge in [0.15, 0.2) is 0 Å². The van der Waals surface area contributed by atoms with Crippen molar-refractivity contribution < 1.29 is 4.79 Å². The van der Waals surface area contributed by atoms with Crippen molar-refractivity contribution in [2.75, 3.05) is 25.0 Å². The number of aryl methyl sites for hydroxylation is 1. The van der Waals surface area contributed by atoms with E-state index in [-0.39, 0.29) is 5.91 Å². The van der Waals surface area contributed by atoms with Crippen LogP contribution in [0.25, 0.3) is 0 Å². The van der Waals surface area contributed by atoms with Gasteiger partial charge >= 0.3 is 0 Å². The van der Waals surface area contributed by atoms with Crippen LogP contribution in [0.15, 0.2) is 60.9 Å². The Morgan fingerprint density at radius 3 is 2.41 bits per heavy atom. The Labute approximate surface area is 172 Å². The zero-order valence-electron chi connectivity index (χ0n) is 17.2. The van der Waals surface area contributed by atoms with Crippen LogP contribution in [0, 0.1) is 6.92 Å². The minimum atomic E-state index is -0.0781. The summed E-state index contributed by atoms with van der Waals surface area (Å²) in [5, 5.41) is 0. The molecule has 0 radical (unpaired) electrons. The van der Waals surface area contributed by atoms with Crippen LogP contribution in [-0.2, 0) is 13.0 Å². The number of likely N-dealkylation sites (N-methyl/N-ethyl adjacent to an activating group) is 1. The van der Waals surface area contributed by atoms with E-state index < -0.39 is 0 Å². The van der Waals surface area contributed by atoms with E-state index in [9.17, 15) is 4.79 Å². The highest BCUT2D eigenvalue weighted by Crippen LogP contribution is 2.14. The van der Waals surface area contributed by atoms with Crippen molar-refractivity contribution in [3.8, 4) is 0 Å². The number of aromatic nitrogens is 3. The van der Waals surface area contributed by atoms with Crippen molar-refractivity contribution in [2.45, 2.75) is 26.8 Å². The van der Waals surface area contributed by atoms with Gasteiger partial charge in [0, 0.05) is 44.8 Å². The summed E-state index contributed by atoms with van der Waals surface area (Å²) >= 11 is 0. The summed E-state index contributed by atoms with van der Waals surface area (Å²) in [6, 6.07) is 15.8. The molecule has 0 atom stereocenters. The molecule has 0 spiro atoms. The maximum atomic E-state index is 13.1. The van der Waals surface area contributed by atoms with Crippen molar-refractivity contribution >= 4 is 11.9 Å². The third-order valence-corrected chi connectivity index (χ3v) is 4.77. The average molecular weight is 390 g/mol. The molecule has 0 saturated heterocycles. The standard InChI is InChI=1S/C23H27N5O/c1-4-28(17-20-8-6-5-7-9-20)22(29)21-16-18(2)25-23(26-21)27(3)15-12-19-10-13-24-14-11-19/h5-11,13-14,16H,4,12,15,17H2,1-3H3. The quantitative estimate of drug-likeness (QED) is 0.590. The zero-order chi connectivity index (χ0) is 20.6. The van der Waals surface area contributed by atoms with Crippen molar-refractivity contribution in [3.63, 3.8) is 0 Å². The Bertz CT molecular complexity index is 931. The van der Waals surface area contributed by atoms with E-state index in [1.165, 1.54) is 5.56 Å². The second-order valence-corrected chi connectivity index (χ2v) is 7.03. The SMILES string of the molecule is CCN(Cc1ccccc1)C(=O)c1cc(C)nc(N(C)CCc2ccncc2)n1. The third kappa shape index (κ3) is 5.60. The Hall–Kier alpha value is -3.28. The van der Waals surface area contributed by atoms with Crippen molar-refractivity contribution in [2.24, 2.45) is 0 Å². The van der Waals surface area contributed by atoms with Gasteiger partial charge in [-0.25, -0.2) is 9.97 Å². The molecule has 0 bridgehead atoms. The molecular formula is C23H27N5O. The minimum Gasteiger partial charge on any atom is -0.344 e. The van der Waals surface area contributed by atoms with Gasteiger partial charge < -0.3 is 9.80 Å². The fourth-order valence-electron chi connectivity index (χ4n) is 3.07. The highest BCUT2D eigenvalue weighted by atomic mass is 16.2. The second-order valence-electron chi connectivity index (χ2n) is 7.03. The summed E-state index contributed by atoms with van der Waals surface area (Å²) in [7, 11) is 1.95. The van der Waals surface area contributed by atoms with Crippen LogP contribution in [0.1, 0.15) is 34.2 Å². The average Bonchev–Trinajstić information content (AvgIpc) is 2.76. The molecule has 1 amide bonds. The molecule has 0 fully saturated rings. The highest BCUT2D eigenvalue weighted by molar-refractivity contribution is 5.92. The number of carbonyl (C=O) groups excluding carboxylic acids is 1. The largest absolute Gasteiger partial charge is 0.344 e. The number of pyridine rings is 1. The predicted octanol–water partition coefficient (Wildman–Crippen LogP) is 3.52. The Morgan fingerprint density at radius 2 is 1.72 bits per heavy atom. The van der Waals surface area contributed by atoms with Crippen LogP contribution in [0.5, 0.6) is 0 Å². The Morgan fingerprint density at radius 1 is 1.00 bits per heavy atom. The van der Waals surface area contributed by atoms with Gasteiger partial charge in [0.25, 0.3) is 5.91 Å². The summed E-state index contributed by atoms with van der Waals surface area (Å²) in [6.07, 6.45) is 4.44. The van der Waals surface area contributed by atoms with E-state index in [1.54, 1.807) is 23.4 Å². The first-order valence-corrected chi connectivity index (χ1v) is 9.85. The monoisotopic (exact) mass is 389 g/mol. The lowest BCUT2D eigenvalue weighted by Gasteiger charge is -2.22. The number of nitrogens with zero attached hydrogens (tertiary/aromatic N) is 5. The molecule has 150 valence electrons. The first-order chi connectivity index (χ1) is 14.1. The normalized spacial score (nSPS) is 10.6. The van der Waals surface area contributed by atoms with Gasteiger partial charge in [-0.1, -0.05) is 30.3 Å². The van der Waals surface area contributed by atoms with Crippen LogP contribution >= 0.6 is 0 Å². The summed E-state index contributed by atoms with van der Waals surface area (Å²) in [6.45, 7) is 5.81. The van der Waals surface area contributed by atoms with Gasteiger partial charge in [-0.05, 0) is 49.6 Å². The number of hydrogen-bond acceptors (Lipinski definition) is 5. The molecular weight excluding hydrogens is 362 g/mol. The fraction of sp³-hybridized carbons (Fsp3) is 0.304. The van der Waals surface area contributed by atoms with Crippen molar-refractivity contribution in [3.05, 3.63) is 83.4 Å². The van der Waals surface area contributed by atoms with Gasteiger partial charge in [-0.15, -0.1) is 0 Å². The van der Waals surface area contributed by atoms with Crippen LogP contribution in [-0.4, -0.2) is 45.9 Å². The molecule has 0 aliphatic heterocycles. The smallest absolute Gasteiger partial charge is 0.272 e. The molecule has 0 saturated carbocycles. The van der Waals surface area contributed by atoms with Crippen molar-refractivity contribution in [1.29, 1.82) is 0 Å². The molecule has 0 aliphatic rings. The molecule has 0 N–H and O–H groups in total. The molecule has 6 nitrogen and oxygen atoms in total. The lowest BCUT2D eigenvalue weighted by atomic mass is 10.2. The van der Waals surface area contributed by atoms with E-state index in [4.69, 9.17) is 0 Å². The first-order valence-electron chi connectivity index (χ1n) is 9.85. The number of hydrogen-bond donors (Lipinski definition) is 0. The van der Waals surface area contributed by atoms with E-state index in [1.807, 2.05) is 68.3 Å². The van der Waals surface area contributed by atoms with Crippen LogP contribution < -0.4 is 4.90 Å². The maximum Gasteiger partial charge on any atom is 0.272 e. The molecule has 3 rings (SSSR count). The molecule has 2 aromatic heterocycles. The van der Waals surface area contributed by atoms with E-state index in [2.05, 4.69) is 15.0 Å². The minimum absolute atomic E-state index is 0.0781. The molecule has 2 heterocycles. The lowest BCUT2D eigenvalue weighted by molar-refractivity contribution is 0.0746. The van der Waals surface area contributed by atoms with Gasteiger partial charge in [0.1, 0.15) is 5.69 Å². The van der Waals surface area contributed by atoms with Gasteiger partial charge in [-0.3, -0.25) is 9.78 Å². The number of rotatable bonds is 8. The summed E-state index contributed by atoms with van der Waals surface area (Å²) in [5.41, 5.74) is 3.52. The number of anilines is 1. The highest BCUT2D eigenvalue weighted by Gasteiger charge is 2.18. The number of carbonyl (C=O) groups is 1. The zero-order valence-corrected chi connectivity index (χ0v) is 17.2. The number of benzene rings is 1. The van der Waals surface area contributed by atoms with Crippen LogP contribution in [0.2, 0.25) is 0 Å².